The normalized spacial score (nSPS) is 11.4. The Morgan fingerprint density at radius 3 is 2.69 bits per heavy atom. The molecule has 1 aromatic carbocycles. The van der Waals surface area contributed by atoms with E-state index in [1.165, 1.54) is 27.7 Å². The highest BCUT2D eigenvalue weighted by Gasteiger charge is 2.11. The molecule has 0 spiro atoms. The molecule has 0 bridgehead atoms. The molecule has 2 rings (SSSR count). The van der Waals surface area contributed by atoms with Gasteiger partial charge in [0.05, 0.1) is 0 Å². The van der Waals surface area contributed by atoms with Crippen molar-refractivity contribution in [2.75, 3.05) is 0 Å². The predicted octanol–water partition coefficient (Wildman–Crippen LogP) is 4.16. The molecule has 1 aromatic heterocycles. The first-order valence-corrected chi connectivity index (χ1v) is 5.53. The minimum absolute atomic E-state index is 1.22. The maximum Gasteiger partial charge on any atom is 0.0491 e. The molecule has 0 saturated carbocycles. The van der Waals surface area contributed by atoms with Crippen molar-refractivity contribution in [3.8, 4) is 0 Å². The molecule has 0 unspecified atom stereocenters. The number of benzene rings is 1. The van der Waals surface area contributed by atoms with E-state index in [4.69, 9.17) is 0 Å². The van der Waals surface area contributed by atoms with E-state index in [0.29, 0.717) is 0 Å². The van der Waals surface area contributed by atoms with E-state index < -0.39 is 0 Å². The molecule has 1 nitrogen and oxygen atoms in total. The Balaban J connectivity index is 2.96. The third-order valence-electron chi connectivity index (χ3n) is 3.05. The molecule has 0 aliphatic rings. The molecule has 0 radical (unpaired) electrons. The highest BCUT2D eigenvalue weighted by atomic mass is 14.9. The summed E-state index contributed by atoms with van der Waals surface area (Å²) in [4.78, 5) is 0. The number of hydrogen-bond acceptors (Lipinski definition) is 0. The van der Waals surface area contributed by atoms with Crippen molar-refractivity contribution in [3.05, 3.63) is 47.7 Å². The van der Waals surface area contributed by atoms with Gasteiger partial charge in [0, 0.05) is 29.2 Å². The van der Waals surface area contributed by atoms with Crippen LogP contribution in [0.3, 0.4) is 0 Å². The minimum atomic E-state index is 1.22. The van der Waals surface area contributed by atoms with Gasteiger partial charge in [0.1, 0.15) is 0 Å². The molecule has 0 aliphatic heterocycles. The third-order valence-corrected chi connectivity index (χ3v) is 3.05. The van der Waals surface area contributed by atoms with Crippen LogP contribution >= 0.6 is 0 Å². The molecule has 82 valence electrons. The van der Waals surface area contributed by atoms with Gasteiger partial charge in [-0.25, -0.2) is 0 Å². The van der Waals surface area contributed by atoms with Crippen LogP contribution in [-0.4, -0.2) is 4.57 Å². The van der Waals surface area contributed by atoms with Crippen LogP contribution in [0.5, 0.6) is 0 Å². The molecule has 16 heavy (non-hydrogen) atoms. The quantitative estimate of drug-likeness (QED) is 0.702. The second-order valence-corrected chi connectivity index (χ2v) is 4.03. The van der Waals surface area contributed by atoms with Gasteiger partial charge in [0.2, 0.25) is 0 Å². The number of rotatable bonds is 2. The van der Waals surface area contributed by atoms with Crippen molar-refractivity contribution >= 4 is 23.1 Å². The zero-order valence-electron chi connectivity index (χ0n) is 10.1. The van der Waals surface area contributed by atoms with Crippen LogP contribution < -0.4 is 0 Å². The summed E-state index contributed by atoms with van der Waals surface area (Å²) < 4.78 is 2.22. The fraction of sp³-hybridized carbons (Fsp3) is 0.200. The van der Waals surface area contributed by atoms with E-state index in [0.717, 1.165) is 0 Å². The summed E-state index contributed by atoms with van der Waals surface area (Å²) in [5.74, 6) is 0. The number of nitrogens with zero attached hydrogens (tertiary/aromatic N) is 1. The lowest BCUT2D eigenvalue weighted by molar-refractivity contribution is 0.953. The molecule has 1 heteroatoms. The van der Waals surface area contributed by atoms with Gasteiger partial charge < -0.3 is 4.57 Å². The SMILES string of the molecule is C=Cc1c(/C=C\C)n(C)c2cccc(C)c12. The molecular weight excluding hydrogens is 194 g/mol. The van der Waals surface area contributed by atoms with Crippen LogP contribution in [0.4, 0.5) is 0 Å². The van der Waals surface area contributed by atoms with Crippen molar-refractivity contribution in [1.29, 1.82) is 0 Å². The van der Waals surface area contributed by atoms with E-state index in [1.54, 1.807) is 0 Å². The first-order valence-electron chi connectivity index (χ1n) is 5.53. The lowest BCUT2D eigenvalue weighted by Gasteiger charge is -1.99. The van der Waals surface area contributed by atoms with Crippen LogP contribution in [-0.2, 0) is 7.05 Å². The molecule has 2 aromatic rings. The summed E-state index contributed by atoms with van der Waals surface area (Å²) >= 11 is 0. The molecule has 0 saturated heterocycles. The highest BCUT2D eigenvalue weighted by Crippen LogP contribution is 2.29. The van der Waals surface area contributed by atoms with Gasteiger partial charge in [-0.3, -0.25) is 0 Å². The molecule has 0 N–H and O–H groups in total. The minimum Gasteiger partial charge on any atom is -0.344 e. The van der Waals surface area contributed by atoms with Gasteiger partial charge in [-0.15, -0.1) is 0 Å². The maximum absolute atomic E-state index is 3.93. The average Bonchev–Trinajstić information content (AvgIpc) is 2.55. The van der Waals surface area contributed by atoms with Crippen molar-refractivity contribution in [2.45, 2.75) is 13.8 Å². The second-order valence-electron chi connectivity index (χ2n) is 4.03. The molecule has 0 atom stereocenters. The summed E-state index contributed by atoms with van der Waals surface area (Å²) in [5, 5.41) is 1.31. The van der Waals surface area contributed by atoms with Crippen LogP contribution in [0.1, 0.15) is 23.7 Å². The Kier molecular flexibility index (Phi) is 2.69. The number of fused-ring (bicyclic) bond motifs is 1. The lowest BCUT2D eigenvalue weighted by atomic mass is 10.1. The maximum atomic E-state index is 3.93. The number of allylic oxidation sites excluding steroid dienone is 1. The largest absolute Gasteiger partial charge is 0.344 e. The smallest absolute Gasteiger partial charge is 0.0491 e. The fourth-order valence-electron chi connectivity index (χ4n) is 2.29. The van der Waals surface area contributed by atoms with Crippen LogP contribution in [0, 0.1) is 6.92 Å². The Morgan fingerprint density at radius 2 is 2.06 bits per heavy atom. The van der Waals surface area contributed by atoms with Gasteiger partial charge in [0.15, 0.2) is 0 Å². The van der Waals surface area contributed by atoms with Crippen molar-refractivity contribution < 1.29 is 0 Å². The predicted molar refractivity (Wildman–Crippen MR) is 72.5 cm³/mol. The summed E-state index contributed by atoms with van der Waals surface area (Å²) in [5.41, 5.74) is 5.03. The number of aryl methyl sites for hydroxylation is 2. The van der Waals surface area contributed by atoms with Gasteiger partial charge in [-0.1, -0.05) is 30.9 Å². The van der Waals surface area contributed by atoms with E-state index in [1.807, 2.05) is 13.0 Å². The van der Waals surface area contributed by atoms with Crippen LogP contribution in [0.15, 0.2) is 30.9 Å². The summed E-state index contributed by atoms with van der Waals surface area (Å²) in [6.07, 6.45) is 6.15. The molecular formula is C15H17N. The Hall–Kier alpha value is -1.76. The van der Waals surface area contributed by atoms with Gasteiger partial charge in [-0.2, -0.15) is 0 Å². The lowest BCUT2D eigenvalue weighted by Crippen LogP contribution is -1.90. The Bertz CT molecular complexity index is 571. The van der Waals surface area contributed by atoms with Gasteiger partial charge in [-0.05, 0) is 31.6 Å². The average molecular weight is 211 g/mol. The zero-order valence-corrected chi connectivity index (χ0v) is 10.1. The first kappa shape index (κ1) is 10.7. The van der Waals surface area contributed by atoms with Crippen LogP contribution in [0.2, 0.25) is 0 Å². The zero-order chi connectivity index (χ0) is 11.7. The van der Waals surface area contributed by atoms with Crippen LogP contribution in [0.25, 0.3) is 23.1 Å². The molecule has 0 fully saturated rings. The summed E-state index contributed by atoms with van der Waals surface area (Å²) in [7, 11) is 2.10. The topological polar surface area (TPSA) is 4.93 Å². The third kappa shape index (κ3) is 1.40. The van der Waals surface area contributed by atoms with E-state index in [9.17, 15) is 0 Å². The molecule has 0 aliphatic carbocycles. The Morgan fingerprint density at radius 1 is 1.31 bits per heavy atom. The van der Waals surface area contributed by atoms with Crippen molar-refractivity contribution in [3.63, 3.8) is 0 Å². The van der Waals surface area contributed by atoms with Crippen molar-refractivity contribution in [1.82, 2.24) is 4.57 Å². The standard InChI is InChI=1S/C15H17N/c1-5-8-13-12(6-2)15-11(3)9-7-10-14(15)16(13)4/h5-10H,2H2,1,3-4H3/b8-5-. The number of aromatic nitrogens is 1. The first-order chi connectivity index (χ1) is 7.70. The second kappa shape index (κ2) is 4.01. The summed E-state index contributed by atoms with van der Waals surface area (Å²) in [6.45, 7) is 8.12. The van der Waals surface area contributed by atoms with Gasteiger partial charge in [0.25, 0.3) is 0 Å². The number of hydrogen-bond donors (Lipinski definition) is 0. The van der Waals surface area contributed by atoms with E-state index in [-0.39, 0.29) is 0 Å². The van der Waals surface area contributed by atoms with Crippen molar-refractivity contribution in [2.24, 2.45) is 7.05 Å². The molecule has 1 heterocycles. The fourth-order valence-corrected chi connectivity index (χ4v) is 2.29. The monoisotopic (exact) mass is 211 g/mol. The van der Waals surface area contributed by atoms with E-state index in [2.05, 4.69) is 55.5 Å². The Labute approximate surface area is 96.7 Å². The highest BCUT2D eigenvalue weighted by molar-refractivity contribution is 5.95. The van der Waals surface area contributed by atoms with E-state index >= 15 is 0 Å². The summed E-state index contributed by atoms with van der Waals surface area (Å²) in [6, 6.07) is 6.40. The van der Waals surface area contributed by atoms with Gasteiger partial charge >= 0.3 is 0 Å². The molecule has 0 amide bonds.